The molecule has 3 aromatic carbocycles. The van der Waals surface area contributed by atoms with Crippen LogP contribution in [0.1, 0.15) is 10.4 Å². The molecule has 0 fully saturated rings. The summed E-state index contributed by atoms with van der Waals surface area (Å²) in [6.45, 7) is 0. The number of para-hydroxylation sites is 3. The third-order valence-electron chi connectivity index (χ3n) is 4.17. The molecule has 0 bridgehead atoms. The number of carbonyl (C=O) groups excluding carboxylic acids is 2. The van der Waals surface area contributed by atoms with Crippen LogP contribution in [0.4, 0.5) is 0 Å². The van der Waals surface area contributed by atoms with E-state index in [0.29, 0.717) is 10.7 Å². The third-order valence-corrected chi connectivity index (χ3v) is 5.10. The average Bonchev–Trinajstić information content (AvgIpc) is 3.12. The van der Waals surface area contributed by atoms with Crippen LogP contribution in [0.5, 0.6) is 0 Å². The maximum Gasteiger partial charge on any atom is 0.257 e. The van der Waals surface area contributed by atoms with E-state index >= 15 is 0 Å². The van der Waals surface area contributed by atoms with Gasteiger partial charge in [0, 0.05) is 11.3 Å². The topological polar surface area (TPSA) is 64.0 Å². The van der Waals surface area contributed by atoms with Crippen molar-refractivity contribution in [2.45, 2.75) is 5.16 Å². The molecule has 138 valence electrons. The lowest BCUT2D eigenvalue weighted by Gasteiger charge is -2.09. The number of thioether (sulfide) groups is 1. The highest BCUT2D eigenvalue weighted by Crippen LogP contribution is 2.27. The van der Waals surface area contributed by atoms with E-state index in [2.05, 4.69) is 10.3 Å². The molecule has 5 nitrogen and oxygen atoms in total. The number of rotatable bonds is 5. The van der Waals surface area contributed by atoms with Crippen LogP contribution in [-0.4, -0.2) is 27.1 Å². The first kappa shape index (κ1) is 18.0. The molecular weight excluding hydrogens is 370 g/mol. The summed E-state index contributed by atoms with van der Waals surface area (Å²) in [7, 11) is 0. The minimum absolute atomic E-state index is 0.0920. The summed E-state index contributed by atoms with van der Waals surface area (Å²) < 4.78 is 2.02. The molecule has 1 aromatic heterocycles. The second kappa shape index (κ2) is 8.10. The van der Waals surface area contributed by atoms with Crippen LogP contribution in [-0.2, 0) is 4.79 Å². The summed E-state index contributed by atoms with van der Waals surface area (Å²) in [5.41, 5.74) is 3.25. The zero-order valence-electron chi connectivity index (χ0n) is 14.9. The Labute approximate surface area is 166 Å². The molecule has 0 atom stereocenters. The molecule has 0 radical (unpaired) electrons. The minimum atomic E-state index is -0.400. The molecule has 0 saturated carbocycles. The summed E-state index contributed by atoms with van der Waals surface area (Å²) in [5, 5.41) is 3.13. The summed E-state index contributed by atoms with van der Waals surface area (Å²) >= 11 is 1.30. The third kappa shape index (κ3) is 3.82. The number of aromatic nitrogens is 2. The van der Waals surface area contributed by atoms with Crippen molar-refractivity contribution >= 4 is 34.6 Å². The van der Waals surface area contributed by atoms with Gasteiger partial charge in [0.15, 0.2) is 5.16 Å². The van der Waals surface area contributed by atoms with Gasteiger partial charge in [0.05, 0.1) is 16.8 Å². The number of amides is 2. The monoisotopic (exact) mass is 387 g/mol. The number of nitrogens with zero attached hydrogens (tertiary/aromatic N) is 2. The summed E-state index contributed by atoms with van der Waals surface area (Å²) in [5.74, 6) is -0.664. The second-order valence-electron chi connectivity index (χ2n) is 6.09. The van der Waals surface area contributed by atoms with Gasteiger partial charge in [-0.1, -0.05) is 60.3 Å². The van der Waals surface area contributed by atoms with E-state index < -0.39 is 5.91 Å². The smallest absolute Gasteiger partial charge is 0.257 e. The number of nitrogens with one attached hydrogen (secondary N) is 1. The van der Waals surface area contributed by atoms with Gasteiger partial charge in [0.1, 0.15) is 0 Å². The average molecular weight is 387 g/mol. The zero-order valence-corrected chi connectivity index (χ0v) is 15.7. The molecule has 1 N–H and O–H groups in total. The van der Waals surface area contributed by atoms with Crippen LogP contribution in [0.3, 0.4) is 0 Å². The van der Waals surface area contributed by atoms with E-state index in [-0.39, 0.29) is 11.7 Å². The van der Waals surface area contributed by atoms with Gasteiger partial charge in [-0.25, -0.2) is 4.98 Å². The Balaban J connectivity index is 1.54. The molecule has 0 aliphatic carbocycles. The largest absolute Gasteiger partial charge is 0.292 e. The van der Waals surface area contributed by atoms with E-state index in [1.54, 1.807) is 24.3 Å². The molecule has 6 heteroatoms. The quantitative estimate of drug-likeness (QED) is 0.524. The van der Waals surface area contributed by atoms with Crippen LogP contribution in [0.25, 0.3) is 16.7 Å². The molecule has 0 aliphatic rings. The fourth-order valence-corrected chi connectivity index (χ4v) is 3.71. The van der Waals surface area contributed by atoms with Crippen LogP contribution >= 0.6 is 11.8 Å². The maximum absolute atomic E-state index is 12.3. The van der Waals surface area contributed by atoms with Crippen LogP contribution in [0.15, 0.2) is 90.1 Å². The zero-order chi connectivity index (χ0) is 19.3. The second-order valence-corrected chi connectivity index (χ2v) is 7.03. The summed E-state index contributed by atoms with van der Waals surface area (Å²) in [6.07, 6.45) is 0. The molecule has 4 aromatic rings. The first-order valence-electron chi connectivity index (χ1n) is 8.77. The number of carbonyl (C=O) groups is 2. The maximum atomic E-state index is 12.3. The number of fused-ring (bicyclic) bond motifs is 1. The van der Waals surface area contributed by atoms with Gasteiger partial charge in [-0.05, 0) is 36.4 Å². The fourth-order valence-electron chi connectivity index (χ4n) is 2.88. The molecule has 28 heavy (non-hydrogen) atoms. The Morgan fingerprint density at radius 2 is 1.50 bits per heavy atom. The lowest BCUT2D eigenvalue weighted by Crippen LogP contribution is -2.31. The first-order chi connectivity index (χ1) is 13.7. The van der Waals surface area contributed by atoms with Crippen LogP contribution < -0.4 is 5.32 Å². The Morgan fingerprint density at radius 1 is 0.857 bits per heavy atom. The van der Waals surface area contributed by atoms with E-state index in [0.717, 1.165) is 16.7 Å². The van der Waals surface area contributed by atoms with E-state index in [1.165, 1.54) is 11.8 Å². The lowest BCUT2D eigenvalue weighted by atomic mass is 10.2. The lowest BCUT2D eigenvalue weighted by molar-refractivity contribution is -0.117. The molecule has 1 heterocycles. The van der Waals surface area contributed by atoms with E-state index in [9.17, 15) is 9.59 Å². The Kier molecular flexibility index (Phi) is 5.21. The number of hydrogen-bond acceptors (Lipinski definition) is 4. The predicted molar refractivity (Wildman–Crippen MR) is 111 cm³/mol. The van der Waals surface area contributed by atoms with Gasteiger partial charge in [-0.2, -0.15) is 0 Å². The van der Waals surface area contributed by atoms with Crippen molar-refractivity contribution in [1.82, 2.24) is 14.9 Å². The van der Waals surface area contributed by atoms with Gasteiger partial charge in [-0.3, -0.25) is 19.5 Å². The first-order valence-corrected chi connectivity index (χ1v) is 9.76. The highest BCUT2D eigenvalue weighted by molar-refractivity contribution is 7.99. The normalized spacial score (nSPS) is 10.7. The van der Waals surface area contributed by atoms with Crippen molar-refractivity contribution < 1.29 is 9.59 Å². The van der Waals surface area contributed by atoms with Gasteiger partial charge >= 0.3 is 0 Å². The minimum Gasteiger partial charge on any atom is -0.292 e. The summed E-state index contributed by atoms with van der Waals surface area (Å²) in [6, 6.07) is 26.4. The number of benzene rings is 3. The fraction of sp³-hybridized carbons (Fsp3) is 0.0455. The van der Waals surface area contributed by atoms with Gasteiger partial charge < -0.3 is 0 Å². The highest BCUT2D eigenvalue weighted by atomic mass is 32.2. The predicted octanol–water partition coefficient (Wildman–Crippen LogP) is 4.07. The highest BCUT2D eigenvalue weighted by Gasteiger charge is 2.15. The number of imide groups is 1. The molecule has 0 unspecified atom stereocenters. The van der Waals surface area contributed by atoms with Crippen molar-refractivity contribution in [2.75, 3.05) is 5.75 Å². The Bertz CT molecular complexity index is 1120. The van der Waals surface area contributed by atoms with Gasteiger partial charge in [-0.15, -0.1) is 0 Å². The van der Waals surface area contributed by atoms with Gasteiger partial charge in [0.25, 0.3) is 5.91 Å². The van der Waals surface area contributed by atoms with E-state index in [4.69, 9.17) is 0 Å². The van der Waals surface area contributed by atoms with Crippen molar-refractivity contribution in [3.05, 3.63) is 90.5 Å². The van der Waals surface area contributed by atoms with Gasteiger partial charge in [0.2, 0.25) is 5.91 Å². The molecular formula is C22H17N3O2S. The SMILES string of the molecule is O=C(CSc1nc2ccccc2n1-c1ccccc1)NC(=O)c1ccccc1. The summed E-state index contributed by atoms with van der Waals surface area (Å²) in [4.78, 5) is 29.1. The Morgan fingerprint density at radius 3 is 2.25 bits per heavy atom. The standard InChI is InChI=1S/C22H17N3O2S/c26-20(24-21(27)16-9-3-1-4-10-16)15-28-22-23-18-13-7-8-14-19(18)25(22)17-11-5-2-6-12-17/h1-14H,15H2,(H,24,26,27). The number of hydrogen-bond donors (Lipinski definition) is 1. The molecule has 4 rings (SSSR count). The molecule has 0 saturated heterocycles. The molecule has 0 aliphatic heterocycles. The van der Waals surface area contributed by atoms with Crippen molar-refractivity contribution in [3.8, 4) is 5.69 Å². The van der Waals surface area contributed by atoms with Crippen molar-refractivity contribution in [3.63, 3.8) is 0 Å². The number of imidazole rings is 1. The van der Waals surface area contributed by atoms with Crippen molar-refractivity contribution in [1.29, 1.82) is 0 Å². The molecule has 0 spiro atoms. The van der Waals surface area contributed by atoms with E-state index in [1.807, 2.05) is 65.2 Å². The van der Waals surface area contributed by atoms with Crippen LogP contribution in [0, 0.1) is 0 Å². The molecule has 2 amide bonds. The Hall–Kier alpha value is -3.38. The van der Waals surface area contributed by atoms with Crippen molar-refractivity contribution in [2.24, 2.45) is 0 Å². The van der Waals surface area contributed by atoms with Crippen LogP contribution in [0.2, 0.25) is 0 Å².